The quantitative estimate of drug-likeness (QED) is 0.813. The average molecular weight is 282 g/mol. The fourth-order valence-corrected chi connectivity index (χ4v) is 2.12. The lowest BCUT2D eigenvalue weighted by Gasteiger charge is -2.12. The number of rotatable bonds is 3. The van der Waals surface area contributed by atoms with Gasteiger partial charge < -0.3 is 5.32 Å². The number of benzene rings is 2. The molecule has 19 heavy (non-hydrogen) atoms. The number of nitrogens with one attached hydrogen (secondary N) is 1. The highest BCUT2D eigenvalue weighted by molar-refractivity contribution is 6.33. The summed E-state index contributed by atoms with van der Waals surface area (Å²) >= 11 is 5.95. The van der Waals surface area contributed by atoms with E-state index < -0.39 is 11.6 Å². The van der Waals surface area contributed by atoms with Gasteiger partial charge in [0, 0.05) is 11.6 Å². The minimum absolute atomic E-state index is 0.202. The normalized spacial score (nSPS) is 12.5. The topological polar surface area (TPSA) is 12.0 Å². The SMILES string of the molecule is CNC(C)c1ccc(-c2cc(F)c(F)cc2Cl)cc1. The molecule has 0 aliphatic heterocycles. The van der Waals surface area contributed by atoms with Gasteiger partial charge in [-0.2, -0.15) is 0 Å². The Hall–Kier alpha value is -1.45. The van der Waals surface area contributed by atoms with Gasteiger partial charge in [0.15, 0.2) is 11.6 Å². The molecule has 1 unspecified atom stereocenters. The molecule has 1 N–H and O–H groups in total. The summed E-state index contributed by atoms with van der Waals surface area (Å²) in [5.41, 5.74) is 2.37. The van der Waals surface area contributed by atoms with E-state index >= 15 is 0 Å². The second-order valence-electron chi connectivity index (χ2n) is 4.38. The van der Waals surface area contributed by atoms with Crippen LogP contribution in [0.4, 0.5) is 8.78 Å². The van der Waals surface area contributed by atoms with Gasteiger partial charge in [0.2, 0.25) is 0 Å². The smallest absolute Gasteiger partial charge is 0.160 e. The zero-order valence-electron chi connectivity index (χ0n) is 10.7. The third-order valence-electron chi connectivity index (χ3n) is 3.16. The summed E-state index contributed by atoms with van der Waals surface area (Å²) in [6.07, 6.45) is 0. The minimum Gasteiger partial charge on any atom is -0.313 e. The molecule has 0 bridgehead atoms. The maximum Gasteiger partial charge on any atom is 0.160 e. The van der Waals surface area contributed by atoms with E-state index in [2.05, 4.69) is 5.32 Å². The van der Waals surface area contributed by atoms with Crippen LogP contribution >= 0.6 is 11.6 Å². The van der Waals surface area contributed by atoms with E-state index in [1.807, 2.05) is 38.2 Å². The highest BCUT2D eigenvalue weighted by atomic mass is 35.5. The van der Waals surface area contributed by atoms with Crippen molar-refractivity contribution in [1.29, 1.82) is 0 Å². The van der Waals surface area contributed by atoms with Crippen LogP contribution in [0.3, 0.4) is 0 Å². The molecule has 2 aromatic rings. The van der Waals surface area contributed by atoms with Crippen LogP contribution in [-0.2, 0) is 0 Å². The van der Waals surface area contributed by atoms with Gasteiger partial charge in [-0.25, -0.2) is 8.78 Å². The maximum absolute atomic E-state index is 13.3. The first-order valence-corrected chi connectivity index (χ1v) is 6.33. The van der Waals surface area contributed by atoms with Crippen LogP contribution in [0.25, 0.3) is 11.1 Å². The van der Waals surface area contributed by atoms with Crippen LogP contribution in [0, 0.1) is 11.6 Å². The Morgan fingerprint density at radius 3 is 2.21 bits per heavy atom. The molecule has 0 radical (unpaired) electrons. The molecule has 0 aromatic heterocycles. The lowest BCUT2D eigenvalue weighted by Crippen LogP contribution is -2.11. The molecule has 0 heterocycles. The molecule has 0 spiro atoms. The van der Waals surface area contributed by atoms with Gasteiger partial charge in [-0.3, -0.25) is 0 Å². The second kappa shape index (κ2) is 5.68. The fourth-order valence-electron chi connectivity index (χ4n) is 1.86. The maximum atomic E-state index is 13.3. The number of halogens is 3. The van der Waals surface area contributed by atoms with Crippen molar-refractivity contribution in [3.8, 4) is 11.1 Å². The van der Waals surface area contributed by atoms with Crippen molar-refractivity contribution in [1.82, 2.24) is 5.32 Å². The molecule has 2 aromatic carbocycles. The zero-order valence-corrected chi connectivity index (χ0v) is 11.4. The molecule has 100 valence electrons. The monoisotopic (exact) mass is 281 g/mol. The number of hydrogen-bond acceptors (Lipinski definition) is 1. The van der Waals surface area contributed by atoms with Crippen molar-refractivity contribution >= 4 is 11.6 Å². The van der Waals surface area contributed by atoms with Gasteiger partial charge in [-0.05, 0) is 37.2 Å². The molecule has 0 saturated heterocycles. The summed E-state index contributed by atoms with van der Waals surface area (Å²) in [6.45, 7) is 2.04. The number of hydrogen-bond donors (Lipinski definition) is 1. The Morgan fingerprint density at radius 1 is 1.05 bits per heavy atom. The molecule has 1 nitrogen and oxygen atoms in total. The Labute approximate surface area is 116 Å². The largest absolute Gasteiger partial charge is 0.313 e. The molecule has 0 fully saturated rings. The van der Waals surface area contributed by atoms with E-state index in [-0.39, 0.29) is 11.1 Å². The minimum atomic E-state index is -0.936. The van der Waals surface area contributed by atoms with Crippen LogP contribution in [0.2, 0.25) is 5.02 Å². The van der Waals surface area contributed by atoms with Crippen LogP contribution in [0.1, 0.15) is 18.5 Å². The van der Waals surface area contributed by atoms with E-state index in [0.29, 0.717) is 5.56 Å². The second-order valence-corrected chi connectivity index (χ2v) is 4.79. The molecule has 1 atom stereocenters. The Balaban J connectivity index is 2.40. The molecular weight excluding hydrogens is 268 g/mol. The standard InChI is InChI=1S/C15H14ClF2N/c1-9(19-2)10-3-5-11(6-4-10)12-7-14(17)15(18)8-13(12)16/h3-9,19H,1-2H3. The first kappa shape index (κ1) is 14.0. The summed E-state index contributed by atoms with van der Waals surface area (Å²) < 4.78 is 26.3. The molecule has 0 aliphatic rings. The van der Waals surface area contributed by atoms with E-state index in [0.717, 1.165) is 23.3 Å². The summed E-state index contributed by atoms with van der Waals surface area (Å²) in [4.78, 5) is 0. The molecular formula is C15H14ClF2N. The van der Waals surface area contributed by atoms with E-state index in [1.54, 1.807) is 0 Å². The van der Waals surface area contributed by atoms with Gasteiger partial charge >= 0.3 is 0 Å². The molecule has 0 amide bonds. The van der Waals surface area contributed by atoms with E-state index in [1.165, 1.54) is 0 Å². The molecule has 2 rings (SSSR count). The zero-order chi connectivity index (χ0) is 14.0. The van der Waals surface area contributed by atoms with Crippen molar-refractivity contribution < 1.29 is 8.78 Å². The van der Waals surface area contributed by atoms with Gasteiger partial charge in [0.05, 0.1) is 5.02 Å². The summed E-state index contributed by atoms with van der Waals surface area (Å²) in [5.74, 6) is -1.83. The molecule has 4 heteroatoms. The van der Waals surface area contributed by atoms with Crippen LogP contribution in [0.15, 0.2) is 36.4 Å². The predicted molar refractivity (Wildman–Crippen MR) is 74.3 cm³/mol. The van der Waals surface area contributed by atoms with Crippen molar-refractivity contribution in [2.24, 2.45) is 0 Å². The predicted octanol–water partition coefficient (Wildman–Crippen LogP) is 4.57. The summed E-state index contributed by atoms with van der Waals surface area (Å²) in [6, 6.07) is 9.92. The Morgan fingerprint density at radius 2 is 1.63 bits per heavy atom. The lowest BCUT2D eigenvalue weighted by atomic mass is 10.0. The van der Waals surface area contributed by atoms with Crippen molar-refractivity contribution in [3.05, 3.63) is 58.6 Å². The van der Waals surface area contributed by atoms with Gasteiger partial charge in [0.1, 0.15) is 0 Å². The molecule has 0 aliphatic carbocycles. The first-order valence-electron chi connectivity index (χ1n) is 5.95. The molecule has 0 saturated carbocycles. The third kappa shape index (κ3) is 2.94. The van der Waals surface area contributed by atoms with Gasteiger partial charge in [-0.15, -0.1) is 0 Å². The lowest BCUT2D eigenvalue weighted by molar-refractivity contribution is 0.509. The highest BCUT2D eigenvalue weighted by Crippen LogP contribution is 2.30. The van der Waals surface area contributed by atoms with Gasteiger partial charge in [-0.1, -0.05) is 35.9 Å². The fraction of sp³-hybridized carbons (Fsp3) is 0.200. The van der Waals surface area contributed by atoms with E-state index in [4.69, 9.17) is 11.6 Å². The van der Waals surface area contributed by atoms with Crippen LogP contribution in [0.5, 0.6) is 0 Å². The van der Waals surface area contributed by atoms with E-state index in [9.17, 15) is 8.78 Å². The van der Waals surface area contributed by atoms with Crippen LogP contribution in [-0.4, -0.2) is 7.05 Å². The van der Waals surface area contributed by atoms with Crippen LogP contribution < -0.4 is 5.32 Å². The first-order chi connectivity index (χ1) is 9.02. The highest BCUT2D eigenvalue weighted by Gasteiger charge is 2.10. The van der Waals surface area contributed by atoms with Crippen molar-refractivity contribution in [3.63, 3.8) is 0 Å². The van der Waals surface area contributed by atoms with Gasteiger partial charge in [0.25, 0.3) is 0 Å². The average Bonchev–Trinajstić information content (AvgIpc) is 2.42. The Kier molecular flexibility index (Phi) is 4.17. The Bertz CT molecular complexity index is 581. The summed E-state index contributed by atoms with van der Waals surface area (Å²) in [5, 5.41) is 3.33. The third-order valence-corrected chi connectivity index (χ3v) is 3.48. The summed E-state index contributed by atoms with van der Waals surface area (Å²) in [7, 11) is 1.88. The van der Waals surface area contributed by atoms with Crippen molar-refractivity contribution in [2.75, 3.05) is 7.05 Å². The van der Waals surface area contributed by atoms with Crippen molar-refractivity contribution in [2.45, 2.75) is 13.0 Å².